The van der Waals surface area contributed by atoms with Gasteiger partial charge in [0.15, 0.2) is 0 Å². The van der Waals surface area contributed by atoms with Crippen LogP contribution in [0.25, 0.3) is 0 Å². The van der Waals surface area contributed by atoms with E-state index in [1.165, 1.54) is 12.8 Å². The van der Waals surface area contributed by atoms with Gasteiger partial charge in [0.05, 0.1) is 0 Å². The molecule has 0 saturated heterocycles. The summed E-state index contributed by atoms with van der Waals surface area (Å²) in [6, 6.07) is 1.20. The fourth-order valence-electron chi connectivity index (χ4n) is 1.44. The first-order valence-electron chi connectivity index (χ1n) is 5.14. The highest BCUT2D eigenvalue weighted by Gasteiger charge is 2.10. The van der Waals surface area contributed by atoms with Crippen LogP contribution in [0.3, 0.4) is 0 Å². The Kier molecular flexibility index (Phi) is 6.39. The molecule has 0 aliphatic rings. The van der Waals surface area contributed by atoms with Crippen molar-refractivity contribution in [3.63, 3.8) is 0 Å². The second-order valence-electron chi connectivity index (χ2n) is 3.71. The molecule has 0 aromatic carbocycles. The lowest BCUT2D eigenvalue weighted by atomic mass is 10.2. The first kappa shape index (κ1) is 11.9. The maximum atomic E-state index is 3.45. The van der Waals surface area contributed by atoms with Gasteiger partial charge in [-0.25, -0.2) is 5.01 Å². The molecule has 0 aromatic heterocycles. The van der Waals surface area contributed by atoms with Gasteiger partial charge in [-0.05, 0) is 27.2 Å². The highest BCUT2D eigenvalue weighted by atomic mass is 15.5. The van der Waals surface area contributed by atoms with E-state index in [1.54, 1.807) is 0 Å². The normalized spacial score (nSPS) is 14.2. The van der Waals surface area contributed by atoms with E-state index in [2.05, 4.69) is 45.1 Å². The first-order valence-corrected chi connectivity index (χ1v) is 5.14. The Bertz CT molecular complexity index is 102. The molecule has 0 rings (SSSR count). The molecule has 0 aromatic rings. The van der Waals surface area contributed by atoms with Crippen LogP contribution in [0.1, 0.15) is 47.5 Å². The van der Waals surface area contributed by atoms with E-state index in [0.717, 1.165) is 6.54 Å². The van der Waals surface area contributed by atoms with Crippen LogP contribution < -0.4 is 5.43 Å². The molecule has 0 radical (unpaired) electrons. The number of hydrazine groups is 1. The summed E-state index contributed by atoms with van der Waals surface area (Å²) >= 11 is 0. The van der Waals surface area contributed by atoms with E-state index in [0.29, 0.717) is 12.1 Å². The third-order valence-corrected chi connectivity index (χ3v) is 2.00. The maximum absolute atomic E-state index is 3.45. The summed E-state index contributed by atoms with van der Waals surface area (Å²) in [6.45, 7) is 12.2. The van der Waals surface area contributed by atoms with Gasteiger partial charge in [0.2, 0.25) is 0 Å². The summed E-state index contributed by atoms with van der Waals surface area (Å²) in [4.78, 5) is 0. The SMILES string of the molecule is CCCC(C)N(CC)NC(C)C. The highest BCUT2D eigenvalue weighted by molar-refractivity contribution is 4.62. The highest BCUT2D eigenvalue weighted by Crippen LogP contribution is 2.03. The molecule has 0 aliphatic heterocycles. The van der Waals surface area contributed by atoms with Crippen LogP contribution in [0.4, 0.5) is 0 Å². The van der Waals surface area contributed by atoms with Gasteiger partial charge in [-0.2, -0.15) is 0 Å². The van der Waals surface area contributed by atoms with Crippen molar-refractivity contribution in [2.24, 2.45) is 0 Å². The Hall–Kier alpha value is -0.0800. The Balaban J connectivity index is 3.78. The lowest BCUT2D eigenvalue weighted by Gasteiger charge is -2.30. The summed E-state index contributed by atoms with van der Waals surface area (Å²) in [7, 11) is 0. The van der Waals surface area contributed by atoms with Crippen molar-refractivity contribution in [1.82, 2.24) is 10.4 Å². The molecule has 1 N–H and O–H groups in total. The molecule has 0 spiro atoms. The van der Waals surface area contributed by atoms with Crippen molar-refractivity contribution in [3.05, 3.63) is 0 Å². The van der Waals surface area contributed by atoms with Crippen LogP contribution >= 0.6 is 0 Å². The minimum Gasteiger partial charge on any atom is -0.252 e. The number of rotatable bonds is 6. The van der Waals surface area contributed by atoms with Crippen molar-refractivity contribution in [2.45, 2.75) is 59.5 Å². The summed E-state index contributed by atoms with van der Waals surface area (Å²) in [5.41, 5.74) is 3.45. The molecule has 0 saturated carbocycles. The second-order valence-corrected chi connectivity index (χ2v) is 3.71. The fourth-order valence-corrected chi connectivity index (χ4v) is 1.44. The molecular weight excluding hydrogens is 148 g/mol. The number of nitrogens with zero attached hydrogens (tertiary/aromatic N) is 1. The summed E-state index contributed by atoms with van der Waals surface area (Å²) in [6.07, 6.45) is 2.53. The van der Waals surface area contributed by atoms with Gasteiger partial charge in [-0.3, -0.25) is 5.43 Å². The number of hydrogen-bond acceptors (Lipinski definition) is 2. The second kappa shape index (κ2) is 6.44. The molecule has 2 heteroatoms. The first-order chi connectivity index (χ1) is 5.61. The molecule has 12 heavy (non-hydrogen) atoms. The van der Waals surface area contributed by atoms with Crippen molar-refractivity contribution in [2.75, 3.05) is 6.54 Å². The van der Waals surface area contributed by atoms with Crippen LogP contribution in [0.5, 0.6) is 0 Å². The van der Waals surface area contributed by atoms with E-state index in [1.807, 2.05) is 0 Å². The van der Waals surface area contributed by atoms with Gasteiger partial charge < -0.3 is 0 Å². The zero-order chi connectivity index (χ0) is 9.56. The third kappa shape index (κ3) is 4.73. The lowest BCUT2D eigenvalue weighted by molar-refractivity contribution is 0.118. The summed E-state index contributed by atoms with van der Waals surface area (Å²) in [5.74, 6) is 0. The van der Waals surface area contributed by atoms with Crippen LogP contribution in [0.2, 0.25) is 0 Å². The van der Waals surface area contributed by atoms with Gasteiger partial charge in [0.25, 0.3) is 0 Å². The molecule has 2 nitrogen and oxygen atoms in total. The van der Waals surface area contributed by atoms with Crippen molar-refractivity contribution in [1.29, 1.82) is 0 Å². The predicted octanol–water partition coefficient (Wildman–Crippen LogP) is 2.41. The van der Waals surface area contributed by atoms with Crippen molar-refractivity contribution in [3.8, 4) is 0 Å². The van der Waals surface area contributed by atoms with Crippen LogP contribution in [0.15, 0.2) is 0 Å². The van der Waals surface area contributed by atoms with Gasteiger partial charge in [0, 0.05) is 18.6 Å². The molecular formula is C10H24N2. The Morgan fingerprint density at radius 3 is 2.08 bits per heavy atom. The molecule has 0 heterocycles. The Labute approximate surface area is 77.3 Å². The van der Waals surface area contributed by atoms with E-state index in [4.69, 9.17) is 0 Å². The third-order valence-electron chi connectivity index (χ3n) is 2.00. The largest absolute Gasteiger partial charge is 0.252 e. The average molecular weight is 172 g/mol. The Morgan fingerprint density at radius 1 is 1.17 bits per heavy atom. The smallest absolute Gasteiger partial charge is 0.0215 e. The average Bonchev–Trinajstić information content (AvgIpc) is 2.00. The Morgan fingerprint density at radius 2 is 1.75 bits per heavy atom. The monoisotopic (exact) mass is 172 g/mol. The summed E-state index contributed by atoms with van der Waals surface area (Å²) in [5, 5.41) is 2.33. The zero-order valence-electron chi connectivity index (χ0n) is 9.22. The predicted molar refractivity (Wildman–Crippen MR) is 55.0 cm³/mol. The molecule has 0 bridgehead atoms. The van der Waals surface area contributed by atoms with E-state index >= 15 is 0 Å². The molecule has 1 atom stereocenters. The molecule has 1 unspecified atom stereocenters. The van der Waals surface area contributed by atoms with E-state index in [9.17, 15) is 0 Å². The van der Waals surface area contributed by atoms with Crippen molar-refractivity contribution < 1.29 is 0 Å². The summed E-state index contributed by atoms with van der Waals surface area (Å²) < 4.78 is 0. The topological polar surface area (TPSA) is 15.3 Å². The lowest BCUT2D eigenvalue weighted by Crippen LogP contribution is -2.47. The standard InChI is InChI=1S/C10H24N2/c1-6-8-10(5)12(7-2)11-9(3)4/h9-11H,6-8H2,1-5H3. The molecule has 0 aliphatic carbocycles. The van der Waals surface area contributed by atoms with Crippen molar-refractivity contribution >= 4 is 0 Å². The van der Waals surface area contributed by atoms with Gasteiger partial charge in [-0.1, -0.05) is 20.3 Å². The molecule has 0 fully saturated rings. The number of hydrogen-bond donors (Lipinski definition) is 1. The molecule has 0 amide bonds. The van der Waals surface area contributed by atoms with E-state index in [-0.39, 0.29) is 0 Å². The quantitative estimate of drug-likeness (QED) is 0.619. The number of nitrogens with one attached hydrogen (secondary N) is 1. The van der Waals surface area contributed by atoms with E-state index < -0.39 is 0 Å². The van der Waals surface area contributed by atoms with Gasteiger partial charge in [-0.15, -0.1) is 0 Å². The minimum atomic E-state index is 0.546. The zero-order valence-corrected chi connectivity index (χ0v) is 9.22. The fraction of sp³-hybridized carbons (Fsp3) is 1.00. The van der Waals surface area contributed by atoms with Gasteiger partial charge in [0.1, 0.15) is 0 Å². The maximum Gasteiger partial charge on any atom is 0.0215 e. The van der Waals surface area contributed by atoms with Gasteiger partial charge >= 0.3 is 0 Å². The molecule has 74 valence electrons. The van der Waals surface area contributed by atoms with Crippen LogP contribution in [-0.2, 0) is 0 Å². The minimum absolute atomic E-state index is 0.546. The van der Waals surface area contributed by atoms with Crippen LogP contribution in [-0.4, -0.2) is 23.6 Å². The van der Waals surface area contributed by atoms with Crippen LogP contribution in [0, 0.1) is 0 Å².